The molecule has 1 unspecified atom stereocenters. The van der Waals surface area contributed by atoms with Crippen LogP contribution in [0.15, 0.2) is 186 Å². The third-order valence-corrected chi connectivity index (χ3v) is 12.1. The number of hydrogen-bond acceptors (Lipinski definition) is 5. The van der Waals surface area contributed by atoms with Crippen LogP contribution >= 0.6 is 11.3 Å². The lowest BCUT2D eigenvalue weighted by Crippen LogP contribution is -2.00. The summed E-state index contributed by atoms with van der Waals surface area (Å²) in [5, 5.41) is 4.61. The van der Waals surface area contributed by atoms with Crippen molar-refractivity contribution in [3.05, 3.63) is 188 Å². The molecule has 1 atom stereocenters. The van der Waals surface area contributed by atoms with Gasteiger partial charge in [-0.05, 0) is 59.0 Å². The maximum absolute atomic E-state index is 6.56. The van der Waals surface area contributed by atoms with E-state index in [0.29, 0.717) is 17.5 Å². The number of furan rings is 1. The van der Waals surface area contributed by atoms with Gasteiger partial charge >= 0.3 is 0 Å². The monoisotopic (exact) mass is 735 g/mol. The lowest BCUT2D eigenvalue weighted by Gasteiger charge is -2.16. The maximum Gasteiger partial charge on any atom is 0.164 e. The number of para-hydroxylation sites is 1. The van der Waals surface area contributed by atoms with E-state index in [2.05, 4.69) is 152 Å². The van der Waals surface area contributed by atoms with Crippen molar-refractivity contribution in [2.24, 2.45) is 0 Å². The molecule has 1 aliphatic carbocycles. The highest BCUT2D eigenvalue weighted by Gasteiger charge is 2.22. The molecule has 0 N–H and O–H groups in total. The minimum Gasteiger partial charge on any atom is -0.456 e. The standard InChI is InChI=1S/C51H33N3OS/c1-4-15-32(16-5-1)35-21-12-22-36(29-35)50-52-49(34-19-8-3-9-20-34)53-51(54-50)41-26-14-28-45-47(41)40-25-13-24-38(48(40)56-45)42-30-37(33-17-6-2-7-18-33)31-44-46(42)39-23-10-11-27-43(39)55-44/h1-17,19-31,33H,18H2. The van der Waals surface area contributed by atoms with E-state index in [1.54, 1.807) is 0 Å². The Bertz CT molecular complexity index is 3180. The highest BCUT2D eigenvalue weighted by Crippen LogP contribution is 2.47. The van der Waals surface area contributed by atoms with E-state index in [9.17, 15) is 0 Å². The molecule has 264 valence electrons. The maximum atomic E-state index is 6.56. The number of nitrogens with zero attached hydrogens (tertiary/aromatic N) is 3. The minimum atomic E-state index is 0.287. The largest absolute Gasteiger partial charge is 0.456 e. The van der Waals surface area contributed by atoms with E-state index >= 15 is 0 Å². The highest BCUT2D eigenvalue weighted by atomic mass is 32.1. The number of fused-ring (bicyclic) bond motifs is 6. The summed E-state index contributed by atoms with van der Waals surface area (Å²) in [7, 11) is 0. The van der Waals surface area contributed by atoms with Crippen molar-refractivity contribution >= 4 is 53.4 Å². The first kappa shape index (κ1) is 32.5. The van der Waals surface area contributed by atoms with Crippen LogP contribution in [-0.4, -0.2) is 15.0 Å². The van der Waals surface area contributed by atoms with E-state index in [0.717, 1.165) is 61.6 Å². The van der Waals surface area contributed by atoms with Crippen molar-refractivity contribution in [3.63, 3.8) is 0 Å². The number of rotatable bonds is 6. The summed E-state index contributed by atoms with van der Waals surface area (Å²) >= 11 is 1.82. The second kappa shape index (κ2) is 13.4. The summed E-state index contributed by atoms with van der Waals surface area (Å²) in [6.45, 7) is 0. The summed E-state index contributed by atoms with van der Waals surface area (Å²) in [4.78, 5) is 15.5. The molecule has 0 spiro atoms. The van der Waals surface area contributed by atoms with Crippen LogP contribution in [-0.2, 0) is 0 Å². The molecule has 1 aliphatic rings. The number of aromatic nitrogens is 3. The third-order valence-electron chi connectivity index (χ3n) is 10.9. The van der Waals surface area contributed by atoms with E-state index in [1.165, 1.54) is 31.5 Å². The Hall–Kier alpha value is -6.95. The van der Waals surface area contributed by atoms with Crippen molar-refractivity contribution in [1.82, 2.24) is 15.0 Å². The van der Waals surface area contributed by atoms with Crippen molar-refractivity contribution in [2.45, 2.75) is 12.3 Å². The van der Waals surface area contributed by atoms with Gasteiger partial charge in [0.05, 0.1) is 0 Å². The molecule has 0 radical (unpaired) electrons. The van der Waals surface area contributed by atoms with Gasteiger partial charge in [0.2, 0.25) is 0 Å². The molecule has 0 bridgehead atoms. The van der Waals surface area contributed by atoms with Crippen LogP contribution < -0.4 is 0 Å². The number of thiophene rings is 1. The molecule has 11 rings (SSSR count). The Morgan fingerprint density at radius 3 is 2.00 bits per heavy atom. The Kier molecular flexibility index (Phi) is 7.78. The number of benzene rings is 7. The van der Waals surface area contributed by atoms with Gasteiger partial charge in [-0.15, -0.1) is 11.3 Å². The van der Waals surface area contributed by atoms with Crippen LogP contribution in [0.25, 0.3) is 98.5 Å². The first-order valence-electron chi connectivity index (χ1n) is 19.0. The molecule has 0 amide bonds. The molecular formula is C51H33N3OS. The average molecular weight is 736 g/mol. The molecule has 0 saturated carbocycles. The van der Waals surface area contributed by atoms with Crippen LogP contribution in [0.4, 0.5) is 0 Å². The van der Waals surface area contributed by atoms with E-state index in [4.69, 9.17) is 19.4 Å². The zero-order valence-corrected chi connectivity index (χ0v) is 31.1. The first-order chi connectivity index (χ1) is 27.7. The zero-order chi connectivity index (χ0) is 37.0. The van der Waals surface area contributed by atoms with Crippen LogP contribution in [0.3, 0.4) is 0 Å². The molecule has 4 nitrogen and oxygen atoms in total. The van der Waals surface area contributed by atoms with E-state index < -0.39 is 0 Å². The van der Waals surface area contributed by atoms with Crippen molar-refractivity contribution < 1.29 is 4.42 Å². The lowest BCUT2D eigenvalue weighted by atomic mass is 9.88. The van der Waals surface area contributed by atoms with Crippen LogP contribution in [0.1, 0.15) is 17.9 Å². The number of allylic oxidation sites excluding steroid dienone is 4. The molecule has 0 fully saturated rings. The van der Waals surface area contributed by atoms with Gasteiger partial charge in [0, 0.05) is 59.1 Å². The number of hydrogen-bond donors (Lipinski definition) is 0. The van der Waals surface area contributed by atoms with Crippen LogP contribution in [0.2, 0.25) is 0 Å². The Balaban J connectivity index is 1.13. The molecular weight excluding hydrogens is 703 g/mol. The molecule has 10 aromatic rings. The fraction of sp³-hybridized carbons (Fsp3) is 0.0392. The van der Waals surface area contributed by atoms with Gasteiger partial charge in [-0.1, -0.05) is 152 Å². The van der Waals surface area contributed by atoms with Crippen molar-refractivity contribution in [1.29, 1.82) is 0 Å². The lowest BCUT2D eigenvalue weighted by molar-refractivity contribution is 0.667. The molecule has 0 saturated heterocycles. The van der Waals surface area contributed by atoms with Crippen molar-refractivity contribution in [3.8, 4) is 56.4 Å². The average Bonchev–Trinajstić information content (AvgIpc) is 3.86. The van der Waals surface area contributed by atoms with Crippen molar-refractivity contribution in [2.75, 3.05) is 0 Å². The van der Waals surface area contributed by atoms with Crippen LogP contribution in [0, 0.1) is 0 Å². The SMILES string of the molecule is C1=CCC(c2cc(-c3cccc4c3sc3cccc(-c5nc(-c6ccccc6)nc(-c6cccc(-c7ccccc7)c6)n5)c34)c3c(c2)oc2ccccc23)C=C1. The van der Waals surface area contributed by atoms with E-state index in [1.807, 2.05) is 41.7 Å². The second-order valence-corrected chi connectivity index (χ2v) is 15.3. The van der Waals surface area contributed by atoms with Gasteiger partial charge in [-0.3, -0.25) is 0 Å². The Labute approximate surface area is 327 Å². The van der Waals surface area contributed by atoms with Gasteiger partial charge in [0.15, 0.2) is 17.5 Å². The summed E-state index contributed by atoms with van der Waals surface area (Å²) < 4.78 is 8.97. The fourth-order valence-electron chi connectivity index (χ4n) is 8.19. The van der Waals surface area contributed by atoms with Gasteiger partial charge in [-0.2, -0.15) is 0 Å². The first-order valence-corrected chi connectivity index (χ1v) is 19.8. The molecule has 56 heavy (non-hydrogen) atoms. The smallest absolute Gasteiger partial charge is 0.164 e. The molecule has 7 aromatic carbocycles. The summed E-state index contributed by atoms with van der Waals surface area (Å²) in [6.07, 6.45) is 9.79. The predicted molar refractivity (Wildman–Crippen MR) is 233 cm³/mol. The minimum absolute atomic E-state index is 0.287. The summed E-state index contributed by atoms with van der Waals surface area (Å²) in [5.41, 5.74) is 10.6. The molecule has 5 heteroatoms. The van der Waals surface area contributed by atoms with Gasteiger partial charge < -0.3 is 4.42 Å². The predicted octanol–water partition coefficient (Wildman–Crippen LogP) is 14.1. The second-order valence-electron chi connectivity index (χ2n) is 14.3. The third kappa shape index (κ3) is 5.55. The Morgan fingerprint density at radius 1 is 0.482 bits per heavy atom. The zero-order valence-electron chi connectivity index (χ0n) is 30.3. The molecule has 3 aromatic heterocycles. The van der Waals surface area contributed by atoms with E-state index in [-0.39, 0.29) is 5.92 Å². The Morgan fingerprint density at radius 2 is 1.16 bits per heavy atom. The topological polar surface area (TPSA) is 51.8 Å². The summed E-state index contributed by atoms with van der Waals surface area (Å²) in [6, 6.07) is 55.3. The quantitative estimate of drug-likeness (QED) is 0.171. The normalized spacial score (nSPS) is 14.0. The summed E-state index contributed by atoms with van der Waals surface area (Å²) in [5.74, 6) is 2.22. The van der Waals surface area contributed by atoms with Gasteiger partial charge in [0.1, 0.15) is 11.2 Å². The van der Waals surface area contributed by atoms with Gasteiger partial charge in [-0.25, -0.2) is 15.0 Å². The van der Waals surface area contributed by atoms with Gasteiger partial charge in [0.25, 0.3) is 0 Å². The highest BCUT2D eigenvalue weighted by molar-refractivity contribution is 7.26. The molecule has 0 aliphatic heterocycles. The molecule has 3 heterocycles. The fourth-order valence-corrected chi connectivity index (χ4v) is 9.44. The van der Waals surface area contributed by atoms with Crippen LogP contribution in [0.5, 0.6) is 0 Å².